The van der Waals surface area contributed by atoms with Crippen LogP contribution in [-0.2, 0) is 12.8 Å². The predicted molar refractivity (Wildman–Crippen MR) is 77.4 cm³/mol. The average molecular weight is 286 g/mol. The van der Waals surface area contributed by atoms with E-state index in [9.17, 15) is 13.6 Å². The van der Waals surface area contributed by atoms with Gasteiger partial charge >= 0.3 is 0 Å². The maximum Gasteiger partial charge on any atom is 0.169 e. The third-order valence-corrected chi connectivity index (χ3v) is 4.23. The molecule has 0 N–H and O–H groups in total. The van der Waals surface area contributed by atoms with Crippen LogP contribution in [0.3, 0.4) is 0 Å². The van der Waals surface area contributed by atoms with Crippen LogP contribution in [0.1, 0.15) is 33.5 Å². The van der Waals surface area contributed by atoms with Gasteiger partial charge in [0.2, 0.25) is 0 Å². The van der Waals surface area contributed by atoms with Crippen LogP contribution in [0.15, 0.2) is 36.4 Å². The molecule has 0 aromatic heterocycles. The van der Waals surface area contributed by atoms with Gasteiger partial charge in [-0.3, -0.25) is 4.79 Å². The van der Waals surface area contributed by atoms with Crippen LogP contribution in [0.4, 0.5) is 8.78 Å². The number of aryl methyl sites for hydroxylation is 2. The van der Waals surface area contributed by atoms with Crippen molar-refractivity contribution in [2.24, 2.45) is 5.92 Å². The molecule has 0 aliphatic heterocycles. The molecular formula is C18H16F2O. The van der Waals surface area contributed by atoms with E-state index >= 15 is 0 Å². The molecule has 0 spiro atoms. The molecular weight excluding hydrogens is 270 g/mol. The Balaban J connectivity index is 1.89. The summed E-state index contributed by atoms with van der Waals surface area (Å²) in [6, 6.07) is 10.1. The Morgan fingerprint density at radius 2 is 1.81 bits per heavy atom. The van der Waals surface area contributed by atoms with E-state index in [4.69, 9.17) is 0 Å². The summed E-state index contributed by atoms with van der Waals surface area (Å²) in [5, 5.41) is 0. The van der Waals surface area contributed by atoms with Crippen molar-refractivity contribution in [1.82, 2.24) is 0 Å². The third kappa shape index (κ3) is 2.60. The first-order chi connectivity index (χ1) is 10.1. The van der Waals surface area contributed by atoms with Crippen molar-refractivity contribution >= 4 is 5.78 Å². The first-order valence-electron chi connectivity index (χ1n) is 7.13. The molecule has 0 radical (unpaired) electrons. The van der Waals surface area contributed by atoms with E-state index in [1.165, 1.54) is 12.5 Å². The fourth-order valence-electron chi connectivity index (χ4n) is 2.98. The van der Waals surface area contributed by atoms with Crippen LogP contribution in [0.5, 0.6) is 0 Å². The van der Waals surface area contributed by atoms with Gasteiger partial charge in [0.25, 0.3) is 0 Å². The zero-order chi connectivity index (χ0) is 15.0. The van der Waals surface area contributed by atoms with E-state index in [0.29, 0.717) is 12.8 Å². The van der Waals surface area contributed by atoms with Crippen LogP contribution in [-0.4, -0.2) is 5.78 Å². The number of rotatable bonds is 2. The summed E-state index contributed by atoms with van der Waals surface area (Å²) >= 11 is 0. The van der Waals surface area contributed by atoms with Crippen molar-refractivity contribution < 1.29 is 13.6 Å². The molecule has 3 heteroatoms. The first kappa shape index (κ1) is 13.9. The van der Waals surface area contributed by atoms with Gasteiger partial charge in [-0.2, -0.15) is 0 Å². The largest absolute Gasteiger partial charge is 0.294 e. The normalized spacial score (nSPS) is 17.4. The molecule has 0 saturated carbocycles. The molecule has 1 atom stereocenters. The second-order valence-electron chi connectivity index (χ2n) is 5.65. The molecule has 1 unspecified atom stereocenters. The molecule has 0 amide bonds. The molecule has 0 bridgehead atoms. The zero-order valence-corrected chi connectivity index (χ0v) is 11.8. The molecule has 0 saturated heterocycles. The summed E-state index contributed by atoms with van der Waals surface area (Å²) in [5.74, 6) is -1.72. The number of benzene rings is 2. The van der Waals surface area contributed by atoms with Gasteiger partial charge in [0.1, 0.15) is 11.6 Å². The van der Waals surface area contributed by atoms with Crippen molar-refractivity contribution in [2.75, 3.05) is 0 Å². The maximum atomic E-state index is 13.9. The van der Waals surface area contributed by atoms with Crippen LogP contribution >= 0.6 is 0 Å². The van der Waals surface area contributed by atoms with Crippen LogP contribution in [0.2, 0.25) is 0 Å². The lowest BCUT2D eigenvalue weighted by Crippen LogP contribution is -2.23. The Bertz CT molecular complexity index is 706. The predicted octanol–water partition coefficient (Wildman–Crippen LogP) is 4.26. The number of hydrogen-bond acceptors (Lipinski definition) is 1. The van der Waals surface area contributed by atoms with Gasteiger partial charge in [-0.1, -0.05) is 24.3 Å². The number of ketones is 1. The standard InChI is InChI=1S/C18H16F2O/c1-11-8-17(20)15(10-16(11)19)18(21)14-7-6-12-4-2-3-5-13(12)9-14/h2-5,8,10,14H,6-7,9H2,1H3. The number of Topliss-reactive ketones (excluding diaryl/α,β-unsaturated/α-hetero) is 1. The van der Waals surface area contributed by atoms with Gasteiger partial charge in [0.05, 0.1) is 5.56 Å². The Labute approximate surface area is 122 Å². The fourth-order valence-corrected chi connectivity index (χ4v) is 2.98. The van der Waals surface area contributed by atoms with E-state index in [1.54, 1.807) is 0 Å². The minimum Gasteiger partial charge on any atom is -0.294 e. The van der Waals surface area contributed by atoms with Crippen molar-refractivity contribution in [3.8, 4) is 0 Å². The van der Waals surface area contributed by atoms with E-state index < -0.39 is 11.6 Å². The van der Waals surface area contributed by atoms with Crippen molar-refractivity contribution in [2.45, 2.75) is 26.2 Å². The molecule has 2 aromatic carbocycles. The summed E-state index contributed by atoms with van der Waals surface area (Å²) in [5.41, 5.74) is 2.48. The van der Waals surface area contributed by atoms with Gasteiger partial charge in [0.15, 0.2) is 5.78 Å². The summed E-state index contributed by atoms with van der Waals surface area (Å²) in [6.45, 7) is 1.49. The SMILES string of the molecule is Cc1cc(F)c(C(=O)C2CCc3ccccc3C2)cc1F. The molecule has 0 heterocycles. The summed E-state index contributed by atoms with van der Waals surface area (Å²) < 4.78 is 27.6. The number of carbonyl (C=O) groups is 1. The Morgan fingerprint density at radius 3 is 2.57 bits per heavy atom. The van der Waals surface area contributed by atoms with E-state index in [2.05, 4.69) is 6.07 Å². The Hall–Kier alpha value is -2.03. The van der Waals surface area contributed by atoms with E-state index in [-0.39, 0.29) is 22.8 Å². The lowest BCUT2D eigenvalue weighted by molar-refractivity contribution is 0.0904. The lowest BCUT2D eigenvalue weighted by Gasteiger charge is -2.23. The van der Waals surface area contributed by atoms with Crippen LogP contribution in [0.25, 0.3) is 0 Å². The Morgan fingerprint density at radius 1 is 1.10 bits per heavy atom. The van der Waals surface area contributed by atoms with Gasteiger partial charge < -0.3 is 0 Å². The molecule has 1 aliphatic carbocycles. The number of fused-ring (bicyclic) bond motifs is 1. The number of carbonyl (C=O) groups excluding carboxylic acids is 1. The quantitative estimate of drug-likeness (QED) is 0.754. The minimum atomic E-state index is -0.627. The molecule has 3 rings (SSSR count). The molecule has 2 aromatic rings. The highest BCUT2D eigenvalue weighted by Crippen LogP contribution is 2.29. The van der Waals surface area contributed by atoms with Gasteiger partial charge in [0, 0.05) is 5.92 Å². The fraction of sp³-hybridized carbons (Fsp3) is 0.278. The van der Waals surface area contributed by atoms with Gasteiger partial charge in [-0.05, 0) is 55.0 Å². The first-order valence-corrected chi connectivity index (χ1v) is 7.13. The lowest BCUT2D eigenvalue weighted by atomic mass is 9.80. The zero-order valence-electron chi connectivity index (χ0n) is 11.8. The van der Waals surface area contributed by atoms with Gasteiger partial charge in [-0.15, -0.1) is 0 Å². The number of hydrogen-bond donors (Lipinski definition) is 0. The number of halogens is 2. The molecule has 0 fully saturated rings. The maximum absolute atomic E-state index is 13.9. The summed E-state index contributed by atoms with van der Waals surface area (Å²) in [7, 11) is 0. The minimum absolute atomic E-state index is 0.123. The third-order valence-electron chi connectivity index (χ3n) is 4.23. The average Bonchev–Trinajstić information content (AvgIpc) is 2.50. The second kappa shape index (κ2) is 5.40. The highest BCUT2D eigenvalue weighted by atomic mass is 19.1. The van der Waals surface area contributed by atoms with Crippen molar-refractivity contribution in [3.05, 3.63) is 70.3 Å². The Kier molecular flexibility index (Phi) is 3.58. The van der Waals surface area contributed by atoms with Gasteiger partial charge in [-0.25, -0.2) is 8.78 Å². The smallest absolute Gasteiger partial charge is 0.169 e. The second-order valence-corrected chi connectivity index (χ2v) is 5.65. The topological polar surface area (TPSA) is 17.1 Å². The summed E-state index contributed by atoms with van der Waals surface area (Å²) in [6.07, 6.45) is 2.09. The molecule has 21 heavy (non-hydrogen) atoms. The van der Waals surface area contributed by atoms with E-state index in [1.807, 2.05) is 18.2 Å². The molecule has 1 nitrogen and oxygen atoms in total. The molecule has 108 valence electrons. The molecule has 1 aliphatic rings. The van der Waals surface area contributed by atoms with Crippen molar-refractivity contribution in [1.29, 1.82) is 0 Å². The van der Waals surface area contributed by atoms with Crippen LogP contribution < -0.4 is 0 Å². The monoisotopic (exact) mass is 286 g/mol. The summed E-state index contributed by atoms with van der Waals surface area (Å²) in [4.78, 5) is 12.5. The van der Waals surface area contributed by atoms with Crippen LogP contribution in [0, 0.1) is 24.5 Å². The van der Waals surface area contributed by atoms with Crippen molar-refractivity contribution in [3.63, 3.8) is 0 Å². The highest BCUT2D eigenvalue weighted by molar-refractivity contribution is 5.98. The van der Waals surface area contributed by atoms with E-state index in [0.717, 1.165) is 24.1 Å². The highest BCUT2D eigenvalue weighted by Gasteiger charge is 2.27.